The molecule has 0 bridgehead atoms. The van der Waals surface area contributed by atoms with E-state index >= 15 is 0 Å². The monoisotopic (exact) mass is 294 g/mol. The molecular formula is C19H38N2. The van der Waals surface area contributed by atoms with Crippen molar-refractivity contribution in [3.63, 3.8) is 0 Å². The van der Waals surface area contributed by atoms with Gasteiger partial charge in [-0.25, -0.2) is 0 Å². The van der Waals surface area contributed by atoms with Crippen molar-refractivity contribution in [2.45, 2.75) is 84.7 Å². The summed E-state index contributed by atoms with van der Waals surface area (Å²) in [6.45, 7) is 13.2. The first kappa shape index (κ1) is 17.3. The van der Waals surface area contributed by atoms with Crippen LogP contribution in [-0.4, -0.2) is 36.6 Å². The molecular weight excluding hydrogens is 256 g/mol. The van der Waals surface area contributed by atoms with Crippen LogP contribution in [0.1, 0.15) is 72.6 Å². The summed E-state index contributed by atoms with van der Waals surface area (Å²) >= 11 is 0. The van der Waals surface area contributed by atoms with Crippen LogP contribution < -0.4 is 5.32 Å². The molecule has 3 unspecified atom stereocenters. The summed E-state index contributed by atoms with van der Waals surface area (Å²) in [6, 6.07) is 1.65. The van der Waals surface area contributed by atoms with Gasteiger partial charge in [0.1, 0.15) is 0 Å². The van der Waals surface area contributed by atoms with Crippen molar-refractivity contribution >= 4 is 0 Å². The molecule has 0 aromatic heterocycles. The van der Waals surface area contributed by atoms with Crippen LogP contribution in [0.25, 0.3) is 0 Å². The zero-order valence-corrected chi connectivity index (χ0v) is 14.9. The second-order valence-corrected chi connectivity index (χ2v) is 7.77. The van der Waals surface area contributed by atoms with E-state index in [4.69, 9.17) is 0 Å². The molecule has 0 aliphatic heterocycles. The van der Waals surface area contributed by atoms with E-state index in [1.807, 2.05) is 0 Å². The summed E-state index contributed by atoms with van der Waals surface area (Å²) in [5.74, 6) is 2.68. The second-order valence-electron chi connectivity index (χ2n) is 7.77. The van der Waals surface area contributed by atoms with Crippen LogP contribution in [0.3, 0.4) is 0 Å². The van der Waals surface area contributed by atoms with E-state index in [-0.39, 0.29) is 0 Å². The van der Waals surface area contributed by atoms with E-state index in [1.165, 1.54) is 58.0 Å². The van der Waals surface area contributed by atoms with Crippen LogP contribution in [0, 0.1) is 17.8 Å². The predicted molar refractivity (Wildman–Crippen MR) is 92.6 cm³/mol. The Hall–Kier alpha value is -0.0800. The van der Waals surface area contributed by atoms with Crippen molar-refractivity contribution in [2.75, 3.05) is 19.6 Å². The smallest absolute Gasteiger partial charge is 0.0108 e. The Morgan fingerprint density at radius 3 is 2.33 bits per heavy atom. The Kier molecular flexibility index (Phi) is 7.01. The molecule has 21 heavy (non-hydrogen) atoms. The van der Waals surface area contributed by atoms with Crippen molar-refractivity contribution in [3.05, 3.63) is 0 Å². The van der Waals surface area contributed by atoms with E-state index in [0.29, 0.717) is 0 Å². The summed E-state index contributed by atoms with van der Waals surface area (Å²) < 4.78 is 0. The van der Waals surface area contributed by atoms with Gasteiger partial charge in [-0.3, -0.25) is 0 Å². The molecule has 2 aliphatic carbocycles. The van der Waals surface area contributed by atoms with E-state index in [1.54, 1.807) is 0 Å². The average Bonchev–Trinajstić information content (AvgIpc) is 3.00. The third-order valence-electron chi connectivity index (χ3n) is 6.15. The lowest BCUT2D eigenvalue weighted by Gasteiger charge is -2.41. The molecule has 2 nitrogen and oxygen atoms in total. The van der Waals surface area contributed by atoms with Gasteiger partial charge < -0.3 is 10.2 Å². The van der Waals surface area contributed by atoms with Gasteiger partial charge in [0, 0.05) is 18.6 Å². The molecule has 124 valence electrons. The van der Waals surface area contributed by atoms with Gasteiger partial charge in [-0.1, -0.05) is 40.5 Å². The van der Waals surface area contributed by atoms with E-state index in [0.717, 1.165) is 36.4 Å². The molecule has 2 heteroatoms. The molecule has 0 amide bonds. The molecule has 2 rings (SSSR count). The van der Waals surface area contributed by atoms with E-state index < -0.39 is 0 Å². The zero-order valence-electron chi connectivity index (χ0n) is 14.9. The fourth-order valence-corrected chi connectivity index (χ4v) is 4.75. The lowest BCUT2D eigenvalue weighted by atomic mass is 9.73. The lowest BCUT2D eigenvalue weighted by Crippen LogP contribution is -2.48. The first-order chi connectivity index (χ1) is 10.2. The molecule has 0 heterocycles. The maximum atomic E-state index is 3.79. The Morgan fingerprint density at radius 1 is 1.05 bits per heavy atom. The van der Waals surface area contributed by atoms with Gasteiger partial charge in [-0.05, 0) is 62.9 Å². The number of hydrogen-bond acceptors (Lipinski definition) is 2. The first-order valence-corrected chi connectivity index (χ1v) is 9.63. The summed E-state index contributed by atoms with van der Waals surface area (Å²) in [5, 5.41) is 3.79. The van der Waals surface area contributed by atoms with Gasteiger partial charge in [0.25, 0.3) is 0 Å². The Labute approximate surface area is 133 Å². The highest BCUT2D eigenvalue weighted by atomic mass is 15.2. The molecule has 0 aromatic rings. The number of nitrogens with one attached hydrogen (secondary N) is 1. The van der Waals surface area contributed by atoms with Crippen LogP contribution in [0.5, 0.6) is 0 Å². The van der Waals surface area contributed by atoms with Crippen LogP contribution >= 0.6 is 0 Å². The summed E-state index contributed by atoms with van der Waals surface area (Å²) in [6.07, 6.45) is 10.1. The number of rotatable bonds is 7. The van der Waals surface area contributed by atoms with Crippen molar-refractivity contribution in [1.29, 1.82) is 0 Å². The van der Waals surface area contributed by atoms with Crippen molar-refractivity contribution in [2.24, 2.45) is 17.8 Å². The SMILES string of the molecule is CCNC1CCC(C(C)C)CC1CN(CC)C1CCCC1. The summed E-state index contributed by atoms with van der Waals surface area (Å²) in [4.78, 5) is 2.81. The fourth-order valence-electron chi connectivity index (χ4n) is 4.75. The zero-order chi connectivity index (χ0) is 15.2. The Morgan fingerprint density at radius 2 is 1.76 bits per heavy atom. The van der Waals surface area contributed by atoms with Gasteiger partial charge in [0.2, 0.25) is 0 Å². The minimum absolute atomic E-state index is 0.764. The normalized spacial score (nSPS) is 31.4. The standard InChI is InChI=1S/C19H38N2/c1-5-20-19-12-11-16(15(3)4)13-17(19)14-21(6-2)18-9-7-8-10-18/h15-20H,5-14H2,1-4H3. The highest BCUT2D eigenvalue weighted by molar-refractivity contribution is 4.89. The molecule has 2 fully saturated rings. The quantitative estimate of drug-likeness (QED) is 0.753. The summed E-state index contributed by atoms with van der Waals surface area (Å²) in [7, 11) is 0. The molecule has 2 saturated carbocycles. The van der Waals surface area contributed by atoms with Gasteiger partial charge in [0.15, 0.2) is 0 Å². The number of nitrogens with zero attached hydrogens (tertiary/aromatic N) is 1. The summed E-state index contributed by atoms with van der Waals surface area (Å²) in [5.41, 5.74) is 0. The molecule has 2 aliphatic rings. The predicted octanol–water partition coefficient (Wildman–Crippen LogP) is 4.30. The van der Waals surface area contributed by atoms with Crippen LogP contribution in [0.4, 0.5) is 0 Å². The Bertz CT molecular complexity index is 283. The first-order valence-electron chi connectivity index (χ1n) is 9.63. The molecule has 3 atom stereocenters. The lowest BCUT2D eigenvalue weighted by molar-refractivity contribution is 0.102. The Balaban J connectivity index is 1.96. The maximum Gasteiger partial charge on any atom is 0.0108 e. The third kappa shape index (κ3) is 4.69. The molecule has 1 N–H and O–H groups in total. The largest absolute Gasteiger partial charge is 0.314 e. The molecule has 0 radical (unpaired) electrons. The topological polar surface area (TPSA) is 15.3 Å². The fraction of sp³-hybridized carbons (Fsp3) is 1.00. The van der Waals surface area contributed by atoms with Gasteiger partial charge in [-0.2, -0.15) is 0 Å². The maximum absolute atomic E-state index is 3.79. The molecule has 0 aromatic carbocycles. The highest BCUT2D eigenvalue weighted by Crippen LogP contribution is 2.35. The van der Waals surface area contributed by atoms with Gasteiger partial charge in [-0.15, -0.1) is 0 Å². The average molecular weight is 295 g/mol. The van der Waals surface area contributed by atoms with Crippen molar-refractivity contribution < 1.29 is 0 Å². The van der Waals surface area contributed by atoms with Crippen LogP contribution in [0.2, 0.25) is 0 Å². The van der Waals surface area contributed by atoms with Crippen molar-refractivity contribution in [1.82, 2.24) is 10.2 Å². The third-order valence-corrected chi connectivity index (χ3v) is 6.15. The van der Waals surface area contributed by atoms with Crippen molar-refractivity contribution in [3.8, 4) is 0 Å². The molecule has 0 spiro atoms. The van der Waals surface area contributed by atoms with E-state index in [9.17, 15) is 0 Å². The van der Waals surface area contributed by atoms with Gasteiger partial charge in [0.05, 0.1) is 0 Å². The van der Waals surface area contributed by atoms with Gasteiger partial charge >= 0.3 is 0 Å². The second kappa shape index (κ2) is 8.53. The number of hydrogen-bond donors (Lipinski definition) is 1. The van der Waals surface area contributed by atoms with E-state index in [2.05, 4.69) is 37.9 Å². The van der Waals surface area contributed by atoms with Crippen LogP contribution in [-0.2, 0) is 0 Å². The highest BCUT2D eigenvalue weighted by Gasteiger charge is 2.33. The minimum Gasteiger partial charge on any atom is -0.314 e. The molecule has 0 saturated heterocycles. The van der Waals surface area contributed by atoms with Crippen LogP contribution in [0.15, 0.2) is 0 Å². The minimum atomic E-state index is 0.764.